The van der Waals surface area contributed by atoms with Gasteiger partial charge < -0.3 is 10.5 Å². The number of ether oxygens (including phenoxy) is 1. The second-order valence-corrected chi connectivity index (χ2v) is 10.5. The Morgan fingerprint density at radius 2 is 1.88 bits per heavy atom. The molecule has 0 aliphatic carbocycles. The minimum atomic E-state index is -0.579. The van der Waals surface area contributed by atoms with Crippen LogP contribution in [-0.4, -0.2) is 38.6 Å². The molecule has 0 unspecified atom stereocenters. The number of rotatable bonds is 3. The molecule has 4 rings (SSSR count). The zero-order valence-electron chi connectivity index (χ0n) is 20.4. The number of esters is 1. The summed E-state index contributed by atoms with van der Waals surface area (Å²) in [7, 11) is 0. The lowest BCUT2D eigenvalue weighted by molar-refractivity contribution is -0.155. The van der Waals surface area contributed by atoms with Crippen molar-refractivity contribution < 1.29 is 9.53 Å². The third-order valence-electron chi connectivity index (χ3n) is 5.51. The van der Waals surface area contributed by atoms with Crippen LogP contribution in [0.4, 0.5) is 0 Å². The fourth-order valence-electron chi connectivity index (χ4n) is 3.93. The van der Waals surface area contributed by atoms with E-state index in [2.05, 4.69) is 35.9 Å². The summed E-state index contributed by atoms with van der Waals surface area (Å²) in [5.74, 6) is 7.03. The molecular formula is C26H29N5O2S. The number of hydrogen-bond acceptors (Lipinski definition) is 7. The summed E-state index contributed by atoms with van der Waals surface area (Å²) in [5, 5.41) is 9.77. The number of carbonyl (C=O) groups excluding carboxylic acids is 1. The van der Waals surface area contributed by atoms with Gasteiger partial charge in [0.2, 0.25) is 0 Å². The second-order valence-electron chi connectivity index (χ2n) is 9.27. The Morgan fingerprint density at radius 3 is 2.53 bits per heavy atom. The zero-order chi connectivity index (χ0) is 24.6. The highest BCUT2D eigenvalue weighted by Gasteiger charge is 2.33. The van der Waals surface area contributed by atoms with Gasteiger partial charge in [0.25, 0.3) is 0 Å². The van der Waals surface area contributed by atoms with Crippen molar-refractivity contribution in [3.05, 3.63) is 63.0 Å². The summed E-state index contributed by atoms with van der Waals surface area (Å²) in [6.45, 7) is 12.0. The molecule has 2 aromatic heterocycles. The third-order valence-corrected chi connectivity index (χ3v) is 6.71. The molecule has 1 atom stereocenters. The van der Waals surface area contributed by atoms with E-state index < -0.39 is 11.6 Å². The molecule has 7 nitrogen and oxygen atoms in total. The van der Waals surface area contributed by atoms with Gasteiger partial charge in [0, 0.05) is 21.6 Å². The molecular weight excluding hydrogens is 446 g/mol. The van der Waals surface area contributed by atoms with Gasteiger partial charge in [-0.1, -0.05) is 24.0 Å². The molecule has 2 N–H and O–H groups in total. The topological polar surface area (TPSA) is 95.4 Å². The summed E-state index contributed by atoms with van der Waals surface area (Å²) in [6, 6.07) is 7.43. The fourth-order valence-corrected chi connectivity index (χ4v) is 5.14. The zero-order valence-corrected chi connectivity index (χ0v) is 21.2. The summed E-state index contributed by atoms with van der Waals surface area (Å²) < 4.78 is 7.64. The van der Waals surface area contributed by atoms with Crippen LogP contribution in [-0.2, 0) is 9.53 Å². The monoisotopic (exact) mass is 475 g/mol. The van der Waals surface area contributed by atoms with E-state index in [1.165, 1.54) is 4.88 Å². The summed E-state index contributed by atoms with van der Waals surface area (Å²) in [5.41, 5.74) is 9.79. The number of thiophene rings is 1. The molecule has 0 radical (unpaired) electrons. The Balaban J connectivity index is 1.88. The quantitative estimate of drug-likeness (QED) is 0.453. The van der Waals surface area contributed by atoms with E-state index in [1.807, 2.05) is 56.5 Å². The maximum Gasteiger partial charge on any atom is 0.308 e. The van der Waals surface area contributed by atoms with Crippen molar-refractivity contribution in [2.45, 2.75) is 59.6 Å². The minimum absolute atomic E-state index is 0.0753. The largest absolute Gasteiger partial charge is 0.460 e. The lowest BCUT2D eigenvalue weighted by atomic mass is 9.98. The first kappa shape index (κ1) is 23.9. The van der Waals surface area contributed by atoms with Gasteiger partial charge in [-0.2, -0.15) is 0 Å². The molecule has 176 valence electrons. The molecule has 8 heteroatoms. The van der Waals surface area contributed by atoms with E-state index in [0.29, 0.717) is 12.4 Å². The second kappa shape index (κ2) is 9.16. The highest BCUT2D eigenvalue weighted by molar-refractivity contribution is 7.15. The predicted molar refractivity (Wildman–Crippen MR) is 135 cm³/mol. The molecule has 0 spiro atoms. The standard InChI is InChI=1S/C26H29N5O2S/c1-15-16(2)34-25-22(15)23(19-11-9-18(10-12-19)8-7-13-27)28-20(14-21(32)33-26(4,5)6)24-30-29-17(3)31(24)25/h9-12,20H,13-14,27H2,1-6H3/t20-/m0/s1. The predicted octanol–water partition coefficient (Wildman–Crippen LogP) is 4.19. The first-order valence-corrected chi connectivity index (χ1v) is 12.0. The van der Waals surface area contributed by atoms with Crippen molar-refractivity contribution in [3.8, 4) is 16.8 Å². The molecule has 3 heterocycles. The van der Waals surface area contributed by atoms with E-state index in [1.54, 1.807) is 11.3 Å². The van der Waals surface area contributed by atoms with Gasteiger partial charge in [-0.3, -0.25) is 14.4 Å². The van der Waals surface area contributed by atoms with E-state index in [9.17, 15) is 4.79 Å². The van der Waals surface area contributed by atoms with Crippen LogP contribution in [0.5, 0.6) is 0 Å². The number of hydrogen-bond donors (Lipinski definition) is 1. The van der Waals surface area contributed by atoms with Crippen LogP contribution in [0.15, 0.2) is 29.3 Å². The molecule has 0 saturated carbocycles. The van der Waals surface area contributed by atoms with Crippen LogP contribution < -0.4 is 5.73 Å². The molecule has 0 bridgehead atoms. The Morgan fingerprint density at radius 1 is 1.18 bits per heavy atom. The van der Waals surface area contributed by atoms with E-state index >= 15 is 0 Å². The Labute approximate surface area is 204 Å². The maximum atomic E-state index is 12.8. The number of carbonyl (C=O) groups is 1. The van der Waals surface area contributed by atoms with Gasteiger partial charge in [-0.15, -0.1) is 21.5 Å². The average Bonchev–Trinajstić information content (AvgIpc) is 3.24. The van der Waals surface area contributed by atoms with Crippen LogP contribution in [0.3, 0.4) is 0 Å². The molecule has 0 fully saturated rings. The lowest BCUT2D eigenvalue weighted by Gasteiger charge is -2.21. The molecule has 0 amide bonds. The van der Waals surface area contributed by atoms with Gasteiger partial charge in [0.05, 0.1) is 18.7 Å². The van der Waals surface area contributed by atoms with Gasteiger partial charge in [-0.25, -0.2) is 0 Å². The Hall–Kier alpha value is -3.28. The Kier molecular flexibility index (Phi) is 6.43. The summed E-state index contributed by atoms with van der Waals surface area (Å²) >= 11 is 1.68. The first-order chi connectivity index (χ1) is 16.1. The number of fused-ring (bicyclic) bond motifs is 3. The fraction of sp³-hybridized carbons (Fsp3) is 0.385. The normalized spacial score (nSPS) is 14.9. The number of nitrogens with zero attached hydrogens (tertiary/aromatic N) is 4. The molecule has 1 aliphatic rings. The lowest BCUT2D eigenvalue weighted by Crippen LogP contribution is -2.25. The maximum absolute atomic E-state index is 12.8. The van der Waals surface area contributed by atoms with Crippen LogP contribution in [0.1, 0.15) is 72.0 Å². The van der Waals surface area contributed by atoms with E-state index in [0.717, 1.165) is 38.8 Å². The van der Waals surface area contributed by atoms with Crippen LogP contribution in [0.25, 0.3) is 5.00 Å². The number of nitrogens with two attached hydrogens (primary N) is 1. The summed E-state index contributed by atoms with van der Waals surface area (Å²) in [6.07, 6.45) is 0.0753. The third kappa shape index (κ3) is 4.67. The highest BCUT2D eigenvalue weighted by Crippen LogP contribution is 2.39. The highest BCUT2D eigenvalue weighted by atomic mass is 32.1. The van der Waals surface area contributed by atoms with Crippen LogP contribution in [0, 0.1) is 32.6 Å². The number of aryl methyl sites for hydroxylation is 2. The van der Waals surface area contributed by atoms with Crippen molar-refractivity contribution in [1.82, 2.24) is 14.8 Å². The van der Waals surface area contributed by atoms with E-state index in [4.69, 9.17) is 15.5 Å². The molecule has 0 saturated heterocycles. The van der Waals surface area contributed by atoms with Crippen LogP contribution >= 0.6 is 11.3 Å². The van der Waals surface area contributed by atoms with Crippen molar-refractivity contribution in [3.63, 3.8) is 0 Å². The van der Waals surface area contributed by atoms with Crippen molar-refractivity contribution in [2.24, 2.45) is 10.7 Å². The molecule has 3 aromatic rings. The number of aromatic nitrogens is 3. The van der Waals surface area contributed by atoms with Gasteiger partial charge in [0.15, 0.2) is 5.82 Å². The van der Waals surface area contributed by atoms with Gasteiger partial charge >= 0.3 is 5.97 Å². The van der Waals surface area contributed by atoms with Gasteiger partial charge in [0.1, 0.15) is 22.5 Å². The van der Waals surface area contributed by atoms with Gasteiger partial charge in [-0.05, 0) is 59.2 Å². The number of benzene rings is 1. The summed E-state index contributed by atoms with van der Waals surface area (Å²) in [4.78, 5) is 19.1. The van der Waals surface area contributed by atoms with Crippen molar-refractivity contribution in [2.75, 3.05) is 6.54 Å². The molecule has 1 aromatic carbocycles. The Bertz CT molecular complexity index is 1330. The average molecular weight is 476 g/mol. The minimum Gasteiger partial charge on any atom is -0.460 e. The molecule has 1 aliphatic heterocycles. The van der Waals surface area contributed by atoms with Crippen molar-refractivity contribution in [1.29, 1.82) is 0 Å². The smallest absolute Gasteiger partial charge is 0.308 e. The van der Waals surface area contributed by atoms with Crippen LogP contribution in [0.2, 0.25) is 0 Å². The SMILES string of the molecule is Cc1sc2c(c1C)C(c1ccc(C#CCN)cc1)=N[C@@H](CC(=O)OC(C)(C)C)c1nnc(C)n1-2. The molecule has 34 heavy (non-hydrogen) atoms. The van der Waals surface area contributed by atoms with E-state index in [-0.39, 0.29) is 12.4 Å². The van der Waals surface area contributed by atoms with Crippen molar-refractivity contribution >= 4 is 23.0 Å². The number of aliphatic imine (C=N–C) groups is 1. The first-order valence-electron chi connectivity index (χ1n) is 11.2.